The summed E-state index contributed by atoms with van der Waals surface area (Å²) in [5.74, 6) is 1.72. The van der Waals surface area contributed by atoms with E-state index < -0.39 is 0 Å². The fourth-order valence-electron chi connectivity index (χ4n) is 2.91. The van der Waals surface area contributed by atoms with Gasteiger partial charge >= 0.3 is 0 Å². The molecule has 0 radical (unpaired) electrons. The van der Waals surface area contributed by atoms with E-state index in [4.69, 9.17) is 15.9 Å². The lowest BCUT2D eigenvalue weighted by Crippen LogP contribution is -2.22. The summed E-state index contributed by atoms with van der Waals surface area (Å²) in [6.07, 6.45) is 1.42. The van der Waals surface area contributed by atoms with E-state index in [1.165, 1.54) is 6.33 Å². The Labute approximate surface area is 165 Å². The molecule has 0 aliphatic rings. The number of rotatable bonds is 6. The summed E-state index contributed by atoms with van der Waals surface area (Å²) in [5.41, 5.74) is 7.77. The fraction of sp³-hybridized carbons (Fsp3) is 0.318. The maximum atomic E-state index is 8.75. The van der Waals surface area contributed by atoms with Crippen LogP contribution in [0.4, 0.5) is 11.6 Å². The summed E-state index contributed by atoms with van der Waals surface area (Å²) in [6, 6.07) is 11.8. The topological polar surface area (TPSA) is 96.9 Å². The first kappa shape index (κ1) is 19.6. The highest BCUT2D eigenvalue weighted by atomic mass is 16.5. The van der Waals surface area contributed by atoms with Crippen molar-refractivity contribution >= 4 is 28.1 Å². The van der Waals surface area contributed by atoms with Crippen molar-refractivity contribution in [3.05, 3.63) is 53.9 Å². The van der Waals surface area contributed by atoms with E-state index >= 15 is 0 Å². The number of hydrogen-bond donors (Lipinski definition) is 3. The number of nitrogen functional groups attached to an aromatic ring is 1. The molecule has 1 heterocycles. The second kappa shape index (κ2) is 7.84. The van der Waals surface area contributed by atoms with Gasteiger partial charge in [0.25, 0.3) is 0 Å². The molecule has 0 atom stereocenters. The lowest BCUT2D eigenvalue weighted by atomic mass is 9.96. The minimum absolute atomic E-state index is 0.0698. The minimum Gasteiger partial charge on any atom is -0.494 e. The van der Waals surface area contributed by atoms with Crippen LogP contribution in [0.3, 0.4) is 0 Å². The molecule has 6 nitrogen and oxygen atoms in total. The molecule has 0 saturated heterocycles. The SMILES string of the molecule is CCOc1ccc2cc(C(=N)c3c(N)ncnc3NCC(C)(C)C)ccc2c1. The van der Waals surface area contributed by atoms with E-state index in [1.807, 2.05) is 43.3 Å². The van der Waals surface area contributed by atoms with Crippen molar-refractivity contribution in [3.8, 4) is 5.75 Å². The van der Waals surface area contributed by atoms with Gasteiger partial charge in [-0.1, -0.05) is 39.0 Å². The monoisotopic (exact) mass is 377 g/mol. The van der Waals surface area contributed by atoms with Crippen LogP contribution in [0.2, 0.25) is 0 Å². The van der Waals surface area contributed by atoms with Crippen LogP contribution in [0.1, 0.15) is 38.8 Å². The van der Waals surface area contributed by atoms with Gasteiger partial charge in [-0.25, -0.2) is 9.97 Å². The third-order valence-corrected chi connectivity index (χ3v) is 4.32. The third-order valence-electron chi connectivity index (χ3n) is 4.32. The van der Waals surface area contributed by atoms with Crippen LogP contribution in [0.25, 0.3) is 10.8 Å². The second-order valence-corrected chi connectivity index (χ2v) is 7.93. The molecule has 4 N–H and O–H groups in total. The molecular formula is C22H27N5O. The number of hydrogen-bond acceptors (Lipinski definition) is 6. The van der Waals surface area contributed by atoms with Gasteiger partial charge in [0.05, 0.1) is 17.9 Å². The Hall–Kier alpha value is -3.15. The van der Waals surface area contributed by atoms with Gasteiger partial charge in [-0.2, -0.15) is 0 Å². The molecule has 2 aromatic carbocycles. The van der Waals surface area contributed by atoms with Gasteiger partial charge in [0, 0.05) is 12.1 Å². The molecule has 28 heavy (non-hydrogen) atoms. The first-order chi connectivity index (χ1) is 13.3. The van der Waals surface area contributed by atoms with E-state index in [0.29, 0.717) is 36.1 Å². The number of benzene rings is 2. The van der Waals surface area contributed by atoms with Gasteiger partial charge in [-0.3, -0.25) is 5.41 Å². The molecule has 0 aliphatic carbocycles. The molecular weight excluding hydrogens is 350 g/mol. The van der Waals surface area contributed by atoms with Crippen molar-refractivity contribution < 1.29 is 4.74 Å². The van der Waals surface area contributed by atoms with Crippen LogP contribution < -0.4 is 15.8 Å². The number of anilines is 2. The Bertz CT molecular complexity index is 1010. The zero-order valence-electron chi connectivity index (χ0n) is 16.8. The predicted molar refractivity (Wildman–Crippen MR) is 115 cm³/mol. The molecule has 6 heteroatoms. The molecule has 0 saturated carbocycles. The van der Waals surface area contributed by atoms with Crippen LogP contribution in [0.15, 0.2) is 42.7 Å². The molecule has 0 unspecified atom stereocenters. The van der Waals surface area contributed by atoms with E-state index in [2.05, 4.69) is 36.1 Å². The van der Waals surface area contributed by atoms with Crippen molar-refractivity contribution in [2.24, 2.45) is 5.41 Å². The van der Waals surface area contributed by atoms with E-state index in [-0.39, 0.29) is 5.41 Å². The first-order valence-corrected chi connectivity index (χ1v) is 9.39. The van der Waals surface area contributed by atoms with Gasteiger partial charge in [0.15, 0.2) is 0 Å². The van der Waals surface area contributed by atoms with Crippen molar-refractivity contribution in [1.29, 1.82) is 5.41 Å². The zero-order chi connectivity index (χ0) is 20.3. The second-order valence-electron chi connectivity index (χ2n) is 7.93. The molecule has 1 aromatic heterocycles. The van der Waals surface area contributed by atoms with Crippen LogP contribution >= 0.6 is 0 Å². The minimum atomic E-state index is 0.0698. The summed E-state index contributed by atoms with van der Waals surface area (Å²) in [7, 11) is 0. The van der Waals surface area contributed by atoms with Crippen LogP contribution in [0.5, 0.6) is 5.75 Å². The van der Waals surface area contributed by atoms with E-state index in [9.17, 15) is 0 Å². The number of nitrogens with one attached hydrogen (secondary N) is 2. The largest absolute Gasteiger partial charge is 0.494 e. The van der Waals surface area contributed by atoms with Crippen LogP contribution in [-0.2, 0) is 0 Å². The highest BCUT2D eigenvalue weighted by Crippen LogP contribution is 2.27. The number of nitrogens with two attached hydrogens (primary N) is 1. The summed E-state index contributed by atoms with van der Waals surface area (Å²) in [5, 5.41) is 14.2. The first-order valence-electron chi connectivity index (χ1n) is 9.39. The molecule has 0 spiro atoms. The maximum Gasteiger partial charge on any atom is 0.141 e. The standard InChI is InChI=1S/C22H27N5O/c1-5-28-17-9-8-14-10-16(7-6-15(14)11-17)19(23)18-20(24)26-13-27-21(18)25-12-22(2,3)4/h6-11,13,23H,5,12H2,1-4H3,(H3,24,25,26,27). The lowest BCUT2D eigenvalue weighted by Gasteiger charge is -2.21. The summed E-state index contributed by atoms with van der Waals surface area (Å²) in [6.45, 7) is 9.71. The molecule has 0 aliphatic heterocycles. The zero-order valence-corrected chi connectivity index (χ0v) is 16.8. The summed E-state index contributed by atoms with van der Waals surface area (Å²) >= 11 is 0. The highest BCUT2D eigenvalue weighted by molar-refractivity contribution is 6.17. The summed E-state index contributed by atoms with van der Waals surface area (Å²) < 4.78 is 5.56. The third kappa shape index (κ3) is 4.39. The summed E-state index contributed by atoms with van der Waals surface area (Å²) in [4.78, 5) is 8.42. The van der Waals surface area contributed by atoms with Crippen molar-refractivity contribution in [1.82, 2.24) is 9.97 Å². The van der Waals surface area contributed by atoms with Gasteiger partial charge in [0.1, 0.15) is 23.7 Å². The number of fused-ring (bicyclic) bond motifs is 1. The van der Waals surface area contributed by atoms with Crippen molar-refractivity contribution in [2.45, 2.75) is 27.7 Å². The Morgan fingerprint density at radius 1 is 1.11 bits per heavy atom. The maximum absolute atomic E-state index is 8.75. The van der Waals surface area contributed by atoms with Gasteiger partial charge < -0.3 is 15.8 Å². The molecule has 0 fully saturated rings. The Morgan fingerprint density at radius 3 is 2.54 bits per heavy atom. The lowest BCUT2D eigenvalue weighted by molar-refractivity contribution is 0.341. The van der Waals surface area contributed by atoms with Gasteiger partial charge in [0.2, 0.25) is 0 Å². The van der Waals surface area contributed by atoms with E-state index in [0.717, 1.165) is 22.1 Å². The molecule has 0 amide bonds. The van der Waals surface area contributed by atoms with Crippen molar-refractivity contribution in [3.63, 3.8) is 0 Å². The smallest absolute Gasteiger partial charge is 0.141 e. The molecule has 3 aromatic rings. The van der Waals surface area contributed by atoms with Crippen molar-refractivity contribution in [2.75, 3.05) is 24.2 Å². The predicted octanol–water partition coefficient (Wildman–Crippen LogP) is 4.48. The Balaban J connectivity index is 1.96. The molecule has 3 rings (SSSR count). The number of nitrogens with zero attached hydrogens (tertiary/aromatic N) is 2. The quantitative estimate of drug-likeness (QED) is 0.550. The van der Waals surface area contributed by atoms with E-state index in [1.54, 1.807) is 0 Å². The Morgan fingerprint density at radius 2 is 1.82 bits per heavy atom. The number of aromatic nitrogens is 2. The molecule has 0 bridgehead atoms. The molecule has 146 valence electrons. The van der Waals surface area contributed by atoms with Crippen LogP contribution in [0, 0.1) is 10.8 Å². The number of ether oxygens (including phenoxy) is 1. The average molecular weight is 377 g/mol. The fourth-order valence-corrected chi connectivity index (χ4v) is 2.91. The normalized spacial score (nSPS) is 11.4. The van der Waals surface area contributed by atoms with Crippen LogP contribution in [-0.4, -0.2) is 28.8 Å². The van der Waals surface area contributed by atoms with Gasteiger partial charge in [-0.15, -0.1) is 0 Å². The van der Waals surface area contributed by atoms with Gasteiger partial charge in [-0.05, 0) is 41.3 Å². The highest BCUT2D eigenvalue weighted by Gasteiger charge is 2.18. The Kier molecular flexibility index (Phi) is 5.49. The average Bonchev–Trinajstić information content (AvgIpc) is 2.65.